The Balaban J connectivity index is 1.88. The molecule has 0 saturated heterocycles. The second kappa shape index (κ2) is 6.25. The molecule has 106 valence electrons. The van der Waals surface area contributed by atoms with E-state index in [1.807, 2.05) is 0 Å². The Kier molecular flexibility index (Phi) is 4.41. The zero-order chi connectivity index (χ0) is 14.5. The number of halogens is 1. The summed E-state index contributed by atoms with van der Waals surface area (Å²) >= 11 is 0. The lowest BCUT2D eigenvalue weighted by molar-refractivity contribution is -0.124. The highest BCUT2D eigenvalue weighted by Crippen LogP contribution is 2.12. The lowest BCUT2D eigenvalue weighted by atomic mass is 10.1. The van der Waals surface area contributed by atoms with Crippen LogP contribution in [-0.4, -0.2) is 32.3 Å². The second-order valence-corrected chi connectivity index (χ2v) is 4.36. The van der Waals surface area contributed by atoms with Crippen LogP contribution in [0.2, 0.25) is 0 Å². The van der Waals surface area contributed by atoms with Crippen LogP contribution in [0.15, 0.2) is 36.9 Å². The molecule has 1 aromatic heterocycles. The summed E-state index contributed by atoms with van der Waals surface area (Å²) in [7, 11) is 0. The summed E-state index contributed by atoms with van der Waals surface area (Å²) in [6, 6.07) is 4.97. The SMILES string of the molecule is CC(C(=O)NCC(O)c1ccc(F)cc1)n1cncn1. The molecule has 7 heteroatoms. The van der Waals surface area contributed by atoms with Crippen LogP contribution in [-0.2, 0) is 4.79 Å². The van der Waals surface area contributed by atoms with E-state index in [1.165, 1.54) is 41.6 Å². The number of carbonyl (C=O) groups excluding carboxylic acids is 1. The largest absolute Gasteiger partial charge is 0.387 e. The predicted octanol–water partition coefficient (Wildman–Crippen LogP) is 0.828. The van der Waals surface area contributed by atoms with E-state index in [-0.39, 0.29) is 18.3 Å². The van der Waals surface area contributed by atoms with Gasteiger partial charge in [-0.3, -0.25) is 4.79 Å². The number of aromatic nitrogens is 3. The van der Waals surface area contributed by atoms with Gasteiger partial charge in [0.15, 0.2) is 0 Å². The van der Waals surface area contributed by atoms with E-state index < -0.39 is 12.1 Å². The molecular weight excluding hydrogens is 263 g/mol. The van der Waals surface area contributed by atoms with Crippen LogP contribution in [0.25, 0.3) is 0 Å². The Labute approximate surface area is 115 Å². The highest BCUT2D eigenvalue weighted by molar-refractivity contribution is 5.79. The first kappa shape index (κ1) is 14.1. The molecule has 1 aromatic carbocycles. The van der Waals surface area contributed by atoms with E-state index in [0.29, 0.717) is 5.56 Å². The second-order valence-electron chi connectivity index (χ2n) is 4.36. The minimum Gasteiger partial charge on any atom is -0.387 e. The minimum atomic E-state index is -0.887. The Morgan fingerprint density at radius 3 is 2.75 bits per heavy atom. The van der Waals surface area contributed by atoms with Crippen molar-refractivity contribution in [3.8, 4) is 0 Å². The monoisotopic (exact) mass is 278 g/mol. The molecular formula is C13H15FN4O2. The van der Waals surface area contributed by atoms with E-state index in [0.717, 1.165) is 0 Å². The molecule has 0 aliphatic rings. The number of aliphatic hydroxyl groups is 1. The average Bonchev–Trinajstić information content (AvgIpc) is 2.98. The van der Waals surface area contributed by atoms with Crippen LogP contribution >= 0.6 is 0 Å². The summed E-state index contributed by atoms with van der Waals surface area (Å²) in [6.07, 6.45) is 1.90. The molecule has 2 unspecified atom stereocenters. The highest BCUT2D eigenvalue weighted by atomic mass is 19.1. The van der Waals surface area contributed by atoms with Crippen LogP contribution < -0.4 is 5.32 Å². The van der Waals surface area contributed by atoms with E-state index in [9.17, 15) is 14.3 Å². The van der Waals surface area contributed by atoms with Gasteiger partial charge in [-0.05, 0) is 24.6 Å². The fraction of sp³-hybridized carbons (Fsp3) is 0.308. The number of rotatable bonds is 5. The van der Waals surface area contributed by atoms with Crippen molar-refractivity contribution in [3.63, 3.8) is 0 Å². The van der Waals surface area contributed by atoms with Gasteiger partial charge >= 0.3 is 0 Å². The van der Waals surface area contributed by atoms with Gasteiger partial charge in [0.2, 0.25) is 5.91 Å². The van der Waals surface area contributed by atoms with Gasteiger partial charge in [0.1, 0.15) is 24.5 Å². The number of benzene rings is 1. The third-order valence-electron chi connectivity index (χ3n) is 2.94. The van der Waals surface area contributed by atoms with Gasteiger partial charge in [-0.1, -0.05) is 12.1 Å². The van der Waals surface area contributed by atoms with Crippen molar-refractivity contribution < 1.29 is 14.3 Å². The van der Waals surface area contributed by atoms with E-state index in [4.69, 9.17) is 0 Å². The molecule has 2 rings (SSSR count). The van der Waals surface area contributed by atoms with Gasteiger partial charge in [0.05, 0.1) is 6.10 Å². The van der Waals surface area contributed by atoms with Crippen LogP contribution in [0, 0.1) is 5.82 Å². The number of carbonyl (C=O) groups is 1. The number of nitrogens with one attached hydrogen (secondary N) is 1. The Morgan fingerprint density at radius 1 is 1.45 bits per heavy atom. The minimum absolute atomic E-state index is 0.0451. The van der Waals surface area contributed by atoms with Crippen molar-refractivity contribution in [3.05, 3.63) is 48.3 Å². The molecule has 1 heterocycles. The smallest absolute Gasteiger partial charge is 0.244 e. The van der Waals surface area contributed by atoms with Gasteiger partial charge in [-0.25, -0.2) is 14.1 Å². The maximum absolute atomic E-state index is 12.8. The fourth-order valence-electron chi connectivity index (χ4n) is 1.69. The predicted molar refractivity (Wildman–Crippen MR) is 69.1 cm³/mol. The molecule has 0 saturated carbocycles. The van der Waals surface area contributed by atoms with Crippen molar-refractivity contribution in [1.82, 2.24) is 20.1 Å². The number of hydrogen-bond acceptors (Lipinski definition) is 4. The van der Waals surface area contributed by atoms with Crippen molar-refractivity contribution in [2.75, 3.05) is 6.54 Å². The standard InChI is InChI=1S/C13H15FN4O2/c1-9(18-8-15-7-17-18)13(20)16-6-12(19)10-2-4-11(14)5-3-10/h2-5,7-9,12,19H,6H2,1H3,(H,16,20). The topological polar surface area (TPSA) is 80.0 Å². The van der Waals surface area contributed by atoms with Gasteiger partial charge in [-0.15, -0.1) is 0 Å². The molecule has 0 fully saturated rings. The molecule has 2 atom stereocenters. The Hall–Kier alpha value is -2.28. The van der Waals surface area contributed by atoms with E-state index in [1.54, 1.807) is 6.92 Å². The van der Waals surface area contributed by atoms with Crippen LogP contribution in [0.4, 0.5) is 4.39 Å². The Morgan fingerprint density at radius 2 is 2.15 bits per heavy atom. The van der Waals surface area contributed by atoms with E-state index in [2.05, 4.69) is 15.4 Å². The number of aliphatic hydroxyl groups excluding tert-OH is 1. The van der Waals surface area contributed by atoms with Crippen molar-refractivity contribution in [2.45, 2.75) is 19.1 Å². The molecule has 6 nitrogen and oxygen atoms in total. The summed E-state index contributed by atoms with van der Waals surface area (Å²) < 4.78 is 14.2. The molecule has 0 spiro atoms. The van der Waals surface area contributed by atoms with Crippen LogP contribution in [0.1, 0.15) is 24.6 Å². The lowest BCUT2D eigenvalue weighted by Gasteiger charge is -2.15. The maximum atomic E-state index is 12.8. The lowest BCUT2D eigenvalue weighted by Crippen LogP contribution is -2.34. The van der Waals surface area contributed by atoms with Gasteiger partial charge in [0, 0.05) is 6.54 Å². The van der Waals surface area contributed by atoms with Crippen LogP contribution in [0.3, 0.4) is 0 Å². The maximum Gasteiger partial charge on any atom is 0.244 e. The highest BCUT2D eigenvalue weighted by Gasteiger charge is 2.16. The normalized spacial score (nSPS) is 13.8. The summed E-state index contributed by atoms with van der Waals surface area (Å²) in [5.41, 5.74) is 0.542. The third-order valence-corrected chi connectivity index (χ3v) is 2.94. The molecule has 0 aliphatic heterocycles. The average molecular weight is 278 g/mol. The van der Waals surface area contributed by atoms with Crippen LogP contribution in [0.5, 0.6) is 0 Å². The molecule has 0 aliphatic carbocycles. The molecule has 1 amide bonds. The third kappa shape index (κ3) is 3.39. The number of nitrogens with zero attached hydrogens (tertiary/aromatic N) is 3. The zero-order valence-corrected chi connectivity index (χ0v) is 10.9. The van der Waals surface area contributed by atoms with E-state index >= 15 is 0 Å². The van der Waals surface area contributed by atoms with Crippen molar-refractivity contribution in [2.24, 2.45) is 0 Å². The van der Waals surface area contributed by atoms with Gasteiger partial charge < -0.3 is 10.4 Å². The molecule has 2 N–H and O–H groups in total. The fourth-order valence-corrected chi connectivity index (χ4v) is 1.69. The molecule has 0 radical (unpaired) electrons. The number of hydrogen-bond donors (Lipinski definition) is 2. The molecule has 0 bridgehead atoms. The summed E-state index contributed by atoms with van der Waals surface area (Å²) in [4.78, 5) is 15.6. The van der Waals surface area contributed by atoms with Gasteiger partial charge in [-0.2, -0.15) is 5.10 Å². The van der Waals surface area contributed by atoms with Crippen molar-refractivity contribution in [1.29, 1.82) is 0 Å². The summed E-state index contributed by atoms with van der Waals surface area (Å²) in [5, 5.41) is 16.4. The zero-order valence-electron chi connectivity index (χ0n) is 10.9. The number of amides is 1. The Bertz CT molecular complexity index is 556. The van der Waals surface area contributed by atoms with Crippen molar-refractivity contribution >= 4 is 5.91 Å². The quantitative estimate of drug-likeness (QED) is 0.849. The first-order chi connectivity index (χ1) is 9.58. The summed E-state index contributed by atoms with van der Waals surface area (Å²) in [5.74, 6) is -0.651. The molecule has 2 aromatic rings. The molecule has 20 heavy (non-hydrogen) atoms. The first-order valence-electron chi connectivity index (χ1n) is 6.13. The summed E-state index contributed by atoms with van der Waals surface area (Å²) in [6.45, 7) is 1.72. The van der Waals surface area contributed by atoms with Gasteiger partial charge in [0.25, 0.3) is 0 Å². The first-order valence-corrected chi connectivity index (χ1v) is 6.13.